The molecule has 8 nitrogen and oxygen atoms in total. The summed E-state index contributed by atoms with van der Waals surface area (Å²) in [5.74, 6) is -1.69. The number of carboxylic acids is 1. The molecule has 0 aliphatic heterocycles. The number of aliphatic carboxylic acids is 1. The Balaban J connectivity index is 2.70. The quantitative estimate of drug-likeness (QED) is 0.597. The highest BCUT2D eigenvalue weighted by Crippen LogP contribution is 2.20. The summed E-state index contributed by atoms with van der Waals surface area (Å²) in [6, 6.07) is -0.891. The van der Waals surface area contributed by atoms with Crippen LogP contribution < -0.4 is 0 Å². The SMILES string of the molecule is CCOC(=O)CC(O)C(O)c1cnn([C@@H](C)C(=O)O)c1. The van der Waals surface area contributed by atoms with Gasteiger partial charge in [0, 0.05) is 11.8 Å². The van der Waals surface area contributed by atoms with Crippen LogP contribution in [-0.4, -0.2) is 49.7 Å². The van der Waals surface area contributed by atoms with Crippen molar-refractivity contribution in [2.75, 3.05) is 6.61 Å². The van der Waals surface area contributed by atoms with Crippen molar-refractivity contribution in [3.05, 3.63) is 18.0 Å². The highest BCUT2D eigenvalue weighted by atomic mass is 16.5. The van der Waals surface area contributed by atoms with Crippen molar-refractivity contribution in [3.8, 4) is 0 Å². The average molecular weight is 286 g/mol. The maximum absolute atomic E-state index is 11.2. The van der Waals surface area contributed by atoms with E-state index >= 15 is 0 Å². The standard InChI is InChI=1S/C12H18N2O6/c1-3-20-10(16)4-9(15)11(17)8-5-13-14(6-8)7(2)12(18)19/h5-7,9,11,15,17H,3-4H2,1-2H3,(H,18,19)/t7-,9?,11?/m0/s1. The molecule has 0 bridgehead atoms. The molecule has 1 rings (SSSR count). The number of aliphatic hydroxyl groups excluding tert-OH is 2. The molecule has 1 aromatic rings. The van der Waals surface area contributed by atoms with Gasteiger partial charge in [-0.25, -0.2) is 4.79 Å². The molecule has 0 aliphatic carbocycles. The molecule has 1 aromatic heterocycles. The van der Waals surface area contributed by atoms with Crippen molar-refractivity contribution in [3.63, 3.8) is 0 Å². The van der Waals surface area contributed by atoms with E-state index in [1.807, 2.05) is 0 Å². The van der Waals surface area contributed by atoms with Crippen molar-refractivity contribution < 1.29 is 29.6 Å². The van der Waals surface area contributed by atoms with Gasteiger partial charge in [-0.1, -0.05) is 0 Å². The third-order valence-corrected chi connectivity index (χ3v) is 2.76. The third kappa shape index (κ3) is 4.04. The van der Waals surface area contributed by atoms with Gasteiger partial charge in [-0.15, -0.1) is 0 Å². The Morgan fingerprint density at radius 2 is 2.10 bits per heavy atom. The zero-order chi connectivity index (χ0) is 15.3. The molecule has 0 fully saturated rings. The van der Waals surface area contributed by atoms with Gasteiger partial charge in [0.15, 0.2) is 0 Å². The molecule has 2 unspecified atom stereocenters. The summed E-state index contributed by atoms with van der Waals surface area (Å²) < 4.78 is 5.82. The Morgan fingerprint density at radius 1 is 1.45 bits per heavy atom. The summed E-state index contributed by atoms with van der Waals surface area (Å²) in [7, 11) is 0. The zero-order valence-corrected chi connectivity index (χ0v) is 11.3. The van der Waals surface area contributed by atoms with Crippen molar-refractivity contribution in [1.82, 2.24) is 9.78 Å². The first-order valence-electron chi connectivity index (χ1n) is 6.15. The molecule has 0 saturated heterocycles. The maximum Gasteiger partial charge on any atom is 0.328 e. The van der Waals surface area contributed by atoms with Crippen LogP contribution in [-0.2, 0) is 14.3 Å². The Bertz CT molecular complexity index is 472. The number of hydrogen-bond acceptors (Lipinski definition) is 6. The Kier molecular flexibility index (Phi) is 5.66. The molecule has 1 heterocycles. The fraction of sp³-hybridized carbons (Fsp3) is 0.583. The van der Waals surface area contributed by atoms with E-state index in [-0.39, 0.29) is 18.6 Å². The molecule has 112 valence electrons. The van der Waals surface area contributed by atoms with E-state index in [4.69, 9.17) is 5.11 Å². The number of rotatable bonds is 7. The predicted molar refractivity (Wildman–Crippen MR) is 66.8 cm³/mol. The van der Waals surface area contributed by atoms with Gasteiger partial charge in [-0.3, -0.25) is 9.48 Å². The largest absolute Gasteiger partial charge is 0.480 e. The van der Waals surface area contributed by atoms with Gasteiger partial charge in [0.25, 0.3) is 0 Å². The Labute approximate surface area is 115 Å². The summed E-state index contributed by atoms with van der Waals surface area (Å²) in [6.45, 7) is 3.26. The lowest BCUT2D eigenvalue weighted by atomic mass is 10.1. The highest BCUT2D eigenvalue weighted by molar-refractivity contribution is 5.71. The third-order valence-electron chi connectivity index (χ3n) is 2.76. The van der Waals surface area contributed by atoms with Crippen LogP contribution in [0.1, 0.15) is 38.0 Å². The van der Waals surface area contributed by atoms with Crippen LogP contribution in [0.5, 0.6) is 0 Å². The fourth-order valence-electron chi connectivity index (χ4n) is 1.55. The van der Waals surface area contributed by atoms with Gasteiger partial charge >= 0.3 is 11.9 Å². The summed E-state index contributed by atoms with van der Waals surface area (Å²) in [5, 5.41) is 32.2. The minimum atomic E-state index is -1.34. The molecule has 3 atom stereocenters. The number of carboxylic acid groups (broad SMARTS) is 1. The van der Waals surface area contributed by atoms with Gasteiger partial charge in [0.2, 0.25) is 0 Å². The van der Waals surface area contributed by atoms with E-state index < -0.39 is 30.2 Å². The topological polar surface area (TPSA) is 122 Å². The molecule has 0 radical (unpaired) electrons. The molecule has 8 heteroatoms. The van der Waals surface area contributed by atoms with Gasteiger partial charge in [0.1, 0.15) is 12.1 Å². The normalized spacial score (nSPS) is 15.4. The second kappa shape index (κ2) is 7.01. The molecular formula is C12H18N2O6. The smallest absolute Gasteiger partial charge is 0.328 e. The van der Waals surface area contributed by atoms with Crippen molar-refractivity contribution in [2.45, 2.75) is 38.5 Å². The Hall–Kier alpha value is -1.93. The number of carbonyl (C=O) groups excluding carboxylic acids is 1. The van der Waals surface area contributed by atoms with Gasteiger partial charge in [0.05, 0.1) is 25.3 Å². The molecule has 3 N–H and O–H groups in total. The predicted octanol–water partition coefficient (Wildman–Crippen LogP) is -0.124. The molecule has 0 amide bonds. The molecule has 0 spiro atoms. The number of esters is 1. The van der Waals surface area contributed by atoms with Crippen LogP contribution in [0, 0.1) is 0 Å². The van der Waals surface area contributed by atoms with Crippen molar-refractivity contribution in [2.24, 2.45) is 0 Å². The van der Waals surface area contributed by atoms with E-state index in [9.17, 15) is 19.8 Å². The molecule has 0 aliphatic rings. The van der Waals surface area contributed by atoms with Gasteiger partial charge in [-0.05, 0) is 13.8 Å². The van der Waals surface area contributed by atoms with Crippen LogP contribution in [0.3, 0.4) is 0 Å². The first-order chi connectivity index (χ1) is 9.36. The van der Waals surface area contributed by atoms with E-state index in [2.05, 4.69) is 9.84 Å². The lowest BCUT2D eigenvalue weighted by Gasteiger charge is -2.15. The Morgan fingerprint density at radius 3 is 2.65 bits per heavy atom. The second-order valence-electron chi connectivity index (χ2n) is 4.29. The van der Waals surface area contributed by atoms with E-state index in [0.29, 0.717) is 0 Å². The highest BCUT2D eigenvalue weighted by Gasteiger charge is 2.24. The maximum atomic E-state index is 11.2. The van der Waals surface area contributed by atoms with Crippen LogP contribution in [0.15, 0.2) is 12.4 Å². The molecule has 0 saturated carbocycles. The average Bonchev–Trinajstić information content (AvgIpc) is 2.86. The van der Waals surface area contributed by atoms with Crippen LogP contribution in [0.25, 0.3) is 0 Å². The number of hydrogen-bond donors (Lipinski definition) is 3. The van der Waals surface area contributed by atoms with E-state index in [1.165, 1.54) is 19.3 Å². The van der Waals surface area contributed by atoms with E-state index in [1.54, 1.807) is 6.92 Å². The number of carbonyl (C=O) groups is 2. The number of nitrogens with zero attached hydrogens (tertiary/aromatic N) is 2. The monoisotopic (exact) mass is 286 g/mol. The lowest BCUT2D eigenvalue weighted by molar-refractivity contribution is -0.147. The number of aliphatic hydroxyl groups is 2. The van der Waals surface area contributed by atoms with Crippen LogP contribution in [0.2, 0.25) is 0 Å². The summed E-state index contributed by atoms with van der Waals surface area (Å²) in [4.78, 5) is 22.0. The first kappa shape index (κ1) is 16.1. The van der Waals surface area contributed by atoms with Crippen molar-refractivity contribution >= 4 is 11.9 Å². The first-order valence-corrected chi connectivity index (χ1v) is 6.15. The lowest BCUT2D eigenvalue weighted by Crippen LogP contribution is -2.23. The van der Waals surface area contributed by atoms with Crippen LogP contribution in [0.4, 0.5) is 0 Å². The molecule has 0 aromatic carbocycles. The summed E-state index contributed by atoms with van der Waals surface area (Å²) >= 11 is 0. The van der Waals surface area contributed by atoms with Crippen molar-refractivity contribution in [1.29, 1.82) is 0 Å². The minimum Gasteiger partial charge on any atom is -0.480 e. The second-order valence-corrected chi connectivity index (χ2v) is 4.29. The molecular weight excluding hydrogens is 268 g/mol. The van der Waals surface area contributed by atoms with E-state index in [0.717, 1.165) is 4.68 Å². The fourth-order valence-corrected chi connectivity index (χ4v) is 1.55. The number of ether oxygens (including phenoxy) is 1. The number of aromatic nitrogens is 2. The summed E-state index contributed by atoms with van der Waals surface area (Å²) in [6.07, 6.45) is -0.466. The molecule has 20 heavy (non-hydrogen) atoms. The zero-order valence-electron chi connectivity index (χ0n) is 11.3. The summed E-state index contributed by atoms with van der Waals surface area (Å²) in [5.41, 5.74) is 0.231. The van der Waals surface area contributed by atoms with Gasteiger partial charge in [-0.2, -0.15) is 5.10 Å². The van der Waals surface area contributed by atoms with Gasteiger partial charge < -0.3 is 20.1 Å². The van der Waals surface area contributed by atoms with Crippen LogP contribution >= 0.6 is 0 Å². The minimum absolute atomic E-state index is 0.190.